The molecule has 0 bridgehead atoms. The molecule has 112 valence electrons. The Morgan fingerprint density at radius 2 is 2.10 bits per heavy atom. The lowest BCUT2D eigenvalue weighted by Crippen LogP contribution is -2.16. The SMILES string of the molecule is COc1ccc(N)c(NC(=O)c2n[nH]c(C(C)(C)C)n2)c1. The normalized spacial score (nSPS) is 11.2. The second kappa shape index (κ2) is 5.43. The maximum Gasteiger partial charge on any atom is 0.295 e. The van der Waals surface area contributed by atoms with Crippen molar-refractivity contribution >= 4 is 17.3 Å². The summed E-state index contributed by atoms with van der Waals surface area (Å²) in [5.74, 6) is 0.889. The van der Waals surface area contributed by atoms with Crippen LogP contribution in [-0.2, 0) is 5.41 Å². The smallest absolute Gasteiger partial charge is 0.295 e. The lowest BCUT2D eigenvalue weighted by atomic mass is 9.96. The number of carbonyl (C=O) groups is 1. The van der Waals surface area contributed by atoms with Gasteiger partial charge in [-0.15, -0.1) is 5.10 Å². The molecule has 7 heteroatoms. The number of methoxy groups -OCH3 is 1. The largest absolute Gasteiger partial charge is 0.497 e. The third-order valence-corrected chi connectivity index (χ3v) is 2.91. The number of nitrogens with two attached hydrogens (primary N) is 1. The van der Waals surface area contributed by atoms with Crippen molar-refractivity contribution in [3.05, 3.63) is 29.8 Å². The van der Waals surface area contributed by atoms with E-state index in [9.17, 15) is 4.79 Å². The van der Waals surface area contributed by atoms with Crippen LogP contribution in [0.3, 0.4) is 0 Å². The van der Waals surface area contributed by atoms with E-state index in [0.29, 0.717) is 22.9 Å². The van der Waals surface area contributed by atoms with Gasteiger partial charge < -0.3 is 15.8 Å². The van der Waals surface area contributed by atoms with Crippen LogP contribution >= 0.6 is 0 Å². The molecule has 0 aliphatic rings. The molecule has 21 heavy (non-hydrogen) atoms. The summed E-state index contributed by atoms with van der Waals surface area (Å²) in [6, 6.07) is 5.02. The molecule has 0 aliphatic heterocycles. The number of nitrogens with zero attached hydrogens (tertiary/aromatic N) is 2. The van der Waals surface area contributed by atoms with Gasteiger partial charge in [-0.05, 0) is 12.1 Å². The summed E-state index contributed by atoms with van der Waals surface area (Å²) in [7, 11) is 1.54. The number of amides is 1. The lowest BCUT2D eigenvalue weighted by molar-refractivity contribution is 0.101. The number of hydrogen-bond donors (Lipinski definition) is 3. The van der Waals surface area contributed by atoms with Crippen LogP contribution in [0.15, 0.2) is 18.2 Å². The molecule has 1 aromatic carbocycles. The minimum absolute atomic E-state index is 0.0714. The van der Waals surface area contributed by atoms with Crippen LogP contribution in [0.1, 0.15) is 37.2 Å². The fourth-order valence-corrected chi connectivity index (χ4v) is 1.65. The van der Waals surface area contributed by atoms with Crippen molar-refractivity contribution in [2.75, 3.05) is 18.2 Å². The minimum atomic E-state index is -0.429. The van der Waals surface area contributed by atoms with Crippen LogP contribution in [0, 0.1) is 0 Å². The van der Waals surface area contributed by atoms with Crippen LogP contribution in [-0.4, -0.2) is 28.2 Å². The molecular formula is C14H19N5O2. The summed E-state index contributed by atoms with van der Waals surface area (Å²) in [4.78, 5) is 16.4. The summed E-state index contributed by atoms with van der Waals surface area (Å²) in [6.07, 6.45) is 0. The molecule has 1 heterocycles. The Bertz CT molecular complexity index is 658. The number of anilines is 2. The van der Waals surface area contributed by atoms with Crippen molar-refractivity contribution in [2.45, 2.75) is 26.2 Å². The zero-order valence-electron chi connectivity index (χ0n) is 12.5. The van der Waals surface area contributed by atoms with E-state index in [1.54, 1.807) is 25.3 Å². The standard InChI is InChI=1S/C14H19N5O2/c1-14(2,3)13-17-11(18-19-13)12(20)16-10-7-8(21-4)5-6-9(10)15/h5-7H,15H2,1-4H3,(H,16,20)(H,17,18,19). The van der Waals surface area contributed by atoms with E-state index in [0.717, 1.165) is 0 Å². The fraction of sp³-hybridized carbons (Fsp3) is 0.357. The number of rotatable bonds is 3. The molecule has 0 radical (unpaired) electrons. The summed E-state index contributed by atoms with van der Waals surface area (Å²) in [6.45, 7) is 5.94. The molecule has 0 aliphatic carbocycles. The number of ether oxygens (including phenoxy) is 1. The topological polar surface area (TPSA) is 106 Å². The molecule has 7 nitrogen and oxygen atoms in total. The molecule has 0 saturated heterocycles. The first-order valence-corrected chi connectivity index (χ1v) is 6.49. The van der Waals surface area contributed by atoms with Gasteiger partial charge in [-0.2, -0.15) is 0 Å². The van der Waals surface area contributed by atoms with Gasteiger partial charge in [0.25, 0.3) is 5.91 Å². The zero-order valence-corrected chi connectivity index (χ0v) is 12.5. The Kier molecular flexibility index (Phi) is 3.84. The molecule has 2 rings (SSSR count). The maximum atomic E-state index is 12.2. The van der Waals surface area contributed by atoms with E-state index in [2.05, 4.69) is 20.5 Å². The Balaban J connectivity index is 2.20. The van der Waals surface area contributed by atoms with Gasteiger partial charge in [-0.1, -0.05) is 20.8 Å². The predicted octanol–water partition coefficient (Wildman–Crippen LogP) is 1.95. The van der Waals surface area contributed by atoms with E-state index in [4.69, 9.17) is 10.5 Å². The van der Waals surface area contributed by atoms with Crippen LogP contribution in [0.5, 0.6) is 5.75 Å². The number of benzene rings is 1. The van der Waals surface area contributed by atoms with Crippen molar-refractivity contribution in [1.29, 1.82) is 0 Å². The number of aromatic nitrogens is 3. The van der Waals surface area contributed by atoms with Gasteiger partial charge in [-0.3, -0.25) is 9.89 Å². The van der Waals surface area contributed by atoms with Gasteiger partial charge in [0.15, 0.2) is 0 Å². The Hall–Kier alpha value is -2.57. The molecule has 1 amide bonds. The number of nitrogen functional groups attached to an aromatic ring is 1. The van der Waals surface area contributed by atoms with Crippen LogP contribution in [0.4, 0.5) is 11.4 Å². The molecule has 2 aromatic rings. The van der Waals surface area contributed by atoms with E-state index in [1.165, 1.54) is 0 Å². The first kappa shape index (κ1) is 14.8. The highest BCUT2D eigenvalue weighted by molar-refractivity contribution is 6.03. The van der Waals surface area contributed by atoms with Gasteiger partial charge in [0.2, 0.25) is 5.82 Å². The summed E-state index contributed by atoms with van der Waals surface area (Å²) in [5.41, 5.74) is 6.52. The highest BCUT2D eigenvalue weighted by Gasteiger charge is 2.21. The number of H-pyrrole nitrogens is 1. The first-order chi connectivity index (χ1) is 9.81. The summed E-state index contributed by atoms with van der Waals surface area (Å²) in [5, 5.41) is 9.38. The van der Waals surface area contributed by atoms with E-state index in [-0.39, 0.29) is 11.2 Å². The van der Waals surface area contributed by atoms with E-state index in [1.807, 2.05) is 20.8 Å². The Morgan fingerprint density at radius 3 is 2.67 bits per heavy atom. The average Bonchev–Trinajstić information content (AvgIpc) is 2.91. The van der Waals surface area contributed by atoms with Crippen LogP contribution in [0.25, 0.3) is 0 Å². The Labute approximate surface area is 122 Å². The second-order valence-electron chi connectivity index (χ2n) is 5.66. The number of nitrogens with one attached hydrogen (secondary N) is 2. The van der Waals surface area contributed by atoms with Crippen molar-refractivity contribution in [3.63, 3.8) is 0 Å². The minimum Gasteiger partial charge on any atom is -0.497 e. The van der Waals surface area contributed by atoms with Crippen molar-refractivity contribution in [3.8, 4) is 5.75 Å². The molecule has 0 fully saturated rings. The van der Waals surface area contributed by atoms with Gasteiger partial charge in [0.1, 0.15) is 11.6 Å². The second-order valence-corrected chi connectivity index (χ2v) is 5.66. The average molecular weight is 289 g/mol. The number of carbonyl (C=O) groups excluding carboxylic acids is 1. The molecular weight excluding hydrogens is 270 g/mol. The lowest BCUT2D eigenvalue weighted by Gasteiger charge is -2.12. The van der Waals surface area contributed by atoms with E-state index < -0.39 is 5.91 Å². The van der Waals surface area contributed by atoms with Crippen molar-refractivity contribution in [2.24, 2.45) is 0 Å². The summed E-state index contributed by atoms with van der Waals surface area (Å²) < 4.78 is 5.10. The molecule has 0 unspecified atom stereocenters. The monoisotopic (exact) mass is 289 g/mol. The zero-order chi connectivity index (χ0) is 15.6. The van der Waals surface area contributed by atoms with Crippen molar-refractivity contribution in [1.82, 2.24) is 15.2 Å². The third-order valence-electron chi connectivity index (χ3n) is 2.91. The fourth-order valence-electron chi connectivity index (χ4n) is 1.65. The molecule has 0 spiro atoms. The Morgan fingerprint density at radius 1 is 1.38 bits per heavy atom. The highest BCUT2D eigenvalue weighted by Crippen LogP contribution is 2.25. The number of aromatic amines is 1. The molecule has 0 saturated carbocycles. The summed E-state index contributed by atoms with van der Waals surface area (Å²) >= 11 is 0. The highest BCUT2D eigenvalue weighted by atomic mass is 16.5. The predicted molar refractivity (Wildman–Crippen MR) is 80.4 cm³/mol. The molecule has 4 N–H and O–H groups in total. The van der Waals surface area contributed by atoms with Crippen molar-refractivity contribution < 1.29 is 9.53 Å². The van der Waals surface area contributed by atoms with Crippen LogP contribution < -0.4 is 15.8 Å². The maximum absolute atomic E-state index is 12.2. The van der Waals surface area contributed by atoms with Gasteiger partial charge in [0, 0.05) is 11.5 Å². The quantitative estimate of drug-likeness (QED) is 0.749. The van der Waals surface area contributed by atoms with Gasteiger partial charge in [-0.25, -0.2) is 4.98 Å². The van der Waals surface area contributed by atoms with Crippen LogP contribution in [0.2, 0.25) is 0 Å². The number of hydrogen-bond acceptors (Lipinski definition) is 5. The van der Waals surface area contributed by atoms with Gasteiger partial charge >= 0.3 is 0 Å². The van der Waals surface area contributed by atoms with E-state index >= 15 is 0 Å². The third kappa shape index (κ3) is 3.31. The molecule has 0 atom stereocenters. The van der Waals surface area contributed by atoms with Gasteiger partial charge in [0.05, 0.1) is 18.5 Å². The molecule has 1 aromatic heterocycles. The first-order valence-electron chi connectivity index (χ1n) is 6.49.